The highest BCUT2D eigenvalue weighted by molar-refractivity contribution is 6.38. The quantitative estimate of drug-likeness (QED) is 0.782. The highest BCUT2D eigenvalue weighted by atomic mass is 35.5. The summed E-state index contributed by atoms with van der Waals surface area (Å²) >= 11 is 6.40. The molecule has 1 aromatic carbocycles. The molecular weight excluding hydrogens is 324 g/mol. The van der Waals surface area contributed by atoms with Crippen molar-refractivity contribution in [2.45, 2.75) is 33.4 Å². The second kappa shape index (κ2) is 6.61. The molecule has 0 aliphatic carbocycles. The molecule has 1 unspecified atom stereocenters. The van der Waals surface area contributed by atoms with E-state index < -0.39 is 0 Å². The third-order valence-corrected chi connectivity index (χ3v) is 4.48. The van der Waals surface area contributed by atoms with Crippen LogP contribution in [0, 0.1) is 6.92 Å². The van der Waals surface area contributed by atoms with Crippen LogP contribution >= 0.6 is 11.6 Å². The fraction of sp³-hybridized carbons (Fsp3) is 0.278. The highest BCUT2D eigenvalue weighted by Crippen LogP contribution is 2.26. The minimum absolute atomic E-state index is 0.122. The van der Waals surface area contributed by atoms with Crippen molar-refractivity contribution in [1.29, 1.82) is 0 Å². The molecule has 124 valence electrons. The van der Waals surface area contributed by atoms with Gasteiger partial charge < -0.3 is 5.32 Å². The number of rotatable bonds is 4. The van der Waals surface area contributed by atoms with E-state index in [9.17, 15) is 4.79 Å². The second-order valence-corrected chi connectivity index (χ2v) is 6.17. The third-order valence-electron chi connectivity index (χ3n) is 4.07. The summed E-state index contributed by atoms with van der Waals surface area (Å²) in [5.41, 5.74) is 3.27. The van der Waals surface area contributed by atoms with Crippen LogP contribution in [0.3, 0.4) is 0 Å². The van der Waals surface area contributed by atoms with Crippen LogP contribution < -0.4 is 5.32 Å². The molecule has 0 aliphatic rings. The van der Waals surface area contributed by atoms with Gasteiger partial charge in [0.15, 0.2) is 5.65 Å². The lowest BCUT2D eigenvalue weighted by molar-refractivity contribution is 0.0940. The van der Waals surface area contributed by atoms with Crippen LogP contribution in [0.2, 0.25) is 5.02 Å². The lowest BCUT2D eigenvalue weighted by Crippen LogP contribution is -2.27. The number of hydrogen-bond acceptors (Lipinski definition) is 3. The monoisotopic (exact) mass is 342 g/mol. The van der Waals surface area contributed by atoms with Crippen LogP contribution in [-0.2, 0) is 6.54 Å². The van der Waals surface area contributed by atoms with Crippen molar-refractivity contribution < 1.29 is 4.79 Å². The lowest BCUT2D eigenvalue weighted by Gasteiger charge is -2.15. The Kier molecular flexibility index (Phi) is 4.53. The summed E-state index contributed by atoms with van der Waals surface area (Å²) in [6.45, 7) is 6.65. The number of pyridine rings is 1. The minimum atomic E-state index is -0.244. The molecule has 3 aromatic rings. The molecule has 24 heavy (non-hydrogen) atoms. The molecule has 6 heteroatoms. The van der Waals surface area contributed by atoms with Gasteiger partial charge in [-0.1, -0.05) is 41.4 Å². The van der Waals surface area contributed by atoms with E-state index in [2.05, 4.69) is 15.4 Å². The van der Waals surface area contributed by atoms with Gasteiger partial charge in [-0.15, -0.1) is 0 Å². The minimum Gasteiger partial charge on any atom is -0.345 e. The summed E-state index contributed by atoms with van der Waals surface area (Å²) in [7, 11) is 0. The van der Waals surface area contributed by atoms with Gasteiger partial charge in [-0.3, -0.25) is 4.79 Å². The number of hydrogen-bond donors (Lipinski definition) is 1. The maximum absolute atomic E-state index is 12.6. The van der Waals surface area contributed by atoms with E-state index in [-0.39, 0.29) is 11.9 Å². The average Bonchev–Trinajstić information content (AvgIpc) is 2.99. The van der Waals surface area contributed by atoms with E-state index >= 15 is 0 Å². The highest BCUT2D eigenvalue weighted by Gasteiger charge is 2.18. The number of amides is 1. The first-order valence-corrected chi connectivity index (χ1v) is 8.26. The number of halogens is 1. The Hall–Kier alpha value is -2.40. The van der Waals surface area contributed by atoms with E-state index in [0.717, 1.165) is 5.56 Å². The van der Waals surface area contributed by atoms with Crippen LogP contribution in [0.4, 0.5) is 0 Å². The molecule has 0 saturated heterocycles. The molecule has 3 rings (SSSR count). The Morgan fingerprint density at radius 1 is 1.29 bits per heavy atom. The zero-order valence-electron chi connectivity index (χ0n) is 13.9. The number of aryl methyl sites for hydroxylation is 2. The maximum atomic E-state index is 12.6. The SMILES string of the molecule is CCn1ncc2c(Cl)c(C(=O)NC(C)c3ccc(C)cc3)cnc21. The summed E-state index contributed by atoms with van der Waals surface area (Å²) in [6.07, 6.45) is 3.16. The average molecular weight is 343 g/mol. The third kappa shape index (κ3) is 2.99. The molecule has 2 aromatic heterocycles. The Bertz CT molecular complexity index is 886. The summed E-state index contributed by atoms with van der Waals surface area (Å²) < 4.78 is 1.75. The van der Waals surface area contributed by atoms with Crippen molar-refractivity contribution in [1.82, 2.24) is 20.1 Å². The van der Waals surface area contributed by atoms with E-state index in [0.29, 0.717) is 28.2 Å². The molecule has 0 radical (unpaired) electrons. The molecule has 0 saturated carbocycles. The molecule has 2 heterocycles. The van der Waals surface area contributed by atoms with Gasteiger partial charge >= 0.3 is 0 Å². The van der Waals surface area contributed by atoms with Crippen molar-refractivity contribution in [3.05, 3.63) is 58.4 Å². The van der Waals surface area contributed by atoms with Crippen LogP contribution in [0.5, 0.6) is 0 Å². The number of carbonyl (C=O) groups excluding carboxylic acids is 1. The number of nitrogens with zero attached hydrogens (tertiary/aromatic N) is 3. The van der Waals surface area contributed by atoms with E-state index in [1.807, 2.05) is 45.0 Å². The first kappa shape index (κ1) is 16.5. The predicted molar refractivity (Wildman–Crippen MR) is 95.3 cm³/mol. The molecule has 5 nitrogen and oxygen atoms in total. The summed E-state index contributed by atoms with van der Waals surface area (Å²) in [5.74, 6) is -0.244. The normalized spacial score (nSPS) is 12.3. The Balaban J connectivity index is 1.86. The van der Waals surface area contributed by atoms with E-state index in [4.69, 9.17) is 11.6 Å². The lowest BCUT2D eigenvalue weighted by atomic mass is 10.1. The van der Waals surface area contributed by atoms with Gasteiger partial charge in [0.05, 0.1) is 28.2 Å². The van der Waals surface area contributed by atoms with Gasteiger partial charge in [-0.05, 0) is 26.3 Å². The molecule has 0 spiro atoms. The van der Waals surface area contributed by atoms with Crippen LogP contribution in [0.15, 0.2) is 36.7 Å². The van der Waals surface area contributed by atoms with Crippen molar-refractivity contribution >= 4 is 28.5 Å². The predicted octanol–water partition coefficient (Wildman–Crippen LogP) is 3.90. The molecule has 0 fully saturated rings. The molecule has 0 aliphatic heterocycles. The van der Waals surface area contributed by atoms with Crippen LogP contribution in [-0.4, -0.2) is 20.7 Å². The van der Waals surface area contributed by atoms with Crippen LogP contribution in [0.25, 0.3) is 11.0 Å². The number of benzene rings is 1. The second-order valence-electron chi connectivity index (χ2n) is 5.79. The first-order valence-electron chi connectivity index (χ1n) is 7.88. The van der Waals surface area contributed by atoms with Crippen molar-refractivity contribution in [3.63, 3.8) is 0 Å². The fourth-order valence-electron chi connectivity index (χ4n) is 2.60. The van der Waals surface area contributed by atoms with E-state index in [1.54, 1.807) is 10.9 Å². The largest absolute Gasteiger partial charge is 0.345 e. The van der Waals surface area contributed by atoms with E-state index in [1.165, 1.54) is 11.8 Å². The molecular formula is C18H19ClN4O. The Morgan fingerprint density at radius 3 is 2.67 bits per heavy atom. The zero-order chi connectivity index (χ0) is 17.3. The zero-order valence-corrected chi connectivity index (χ0v) is 14.6. The number of carbonyl (C=O) groups is 1. The maximum Gasteiger partial charge on any atom is 0.254 e. The van der Waals surface area contributed by atoms with Gasteiger partial charge in [0, 0.05) is 12.7 Å². The van der Waals surface area contributed by atoms with Crippen LogP contribution in [0.1, 0.15) is 41.4 Å². The Labute approximate surface area is 145 Å². The summed E-state index contributed by atoms with van der Waals surface area (Å²) in [6, 6.07) is 7.95. The molecule has 1 atom stereocenters. The molecule has 1 N–H and O–H groups in total. The standard InChI is InChI=1S/C18H19ClN4O/c1-4-23-17-14(10-21-23)16(19)15(9-20-17)18(24)22-12(3)13-7-5-11(2)6-8-13/h5-10,12H,4H2,1-3H3,(H,22,24). The van der Waals surface area contributed by atoms with Gasteiger partial charge in [0.2, 0.25) is 0 Å². The van der Waals surface area contributed by atoms with Crippen molar-refractivity contribution in [2.24, 2.45) is 0 Å². The Morgan fingerprint density at radius 2 is 2.00 bits per heavy atom. The summed E-state index contributed by atoms with van der Waals surface area (Å²) in [5, 5.41) is 8.27. The van der Waals surface area contributed by atoms with Gasteiger partial charge in [0.25, 0.3) is 5.91 Å². The van der Waals surface area contributed by atoms with Crippen molar-refractivity contribution in [2.75, 3.05) is 0 Å². The summed E-state index contributed by atoms with van der Waals surface area (Å²) in [4.78, 5) is 16.9. The topological polar surface area (TPSA) is 59.8 Å². The number of fused-ring (bicyclic) bond motifs is 1. The fourth-order valence-corrected chi connectivity index (χ4v) is 2.87. The number of nitrogens with one attached hydrogen (secondary N) is 1. The number of aromatic nitrogens is 3. The van der Waals surface area contributed by atoms with Gasteiger partial charge in [0.1, 0.15) is 0 Å². The van der Waals surface area contributed by atoms with Crippen molar-refractivity contribution in [3.8, 4) is 0 Å². The smallest absolute Gasteiger partial charge is 0.254 e. The van der Waals surface area contributed by atoms with Gasteiger partial charge in [-0.25, -0.2) is 9.67 Å². The van der Waals surface area contributed by atoms with Gasteiger partial charge in [-0.2, -0.15) is 5.10 Å². The molecule has 1 amide bonds. The first-order chi connectivity index (χ1) is 11.5. The molecule has 0 bridgehead atoms.